The molecule has 0 amide bonds. The van der Waals surface area contributed by atoms with Crippen LogP contribution in [0, 0.1) is 5.92 Å². The molecule has 0 bridgehead atoms. The molecule has 0 atom stereocenters. The van der Waals surface area contributed by atoms with Crippen molar-refractivity contribution in [1.82, 2.24) is 0 Å². The third-order valence-corrected chi connectivity index (χ3v) is 3.11. The van der Waals surface area contributed by atoms with Crippen LogP contribution in [0.4, 0.5) is 5.69 Å². The first-order valence-electron chi connectivity index (χ1n) is 5.59. The van der Waals surface area contributed by atoms with Crippen molar-refractivity contribution in [3.8, 4) is 0 Å². The summed E-state index contributed by atoms with van der Waals surface area (Å²) in [5.74, 6) is 0.886. The van der Waals surface area contributed by atoms with Crippen LogP contribution in [0.25, 0.3) is 0 Å². The third kappa shape index (κ3) is 2.47. The van der Waals surface area contributed by atoms with Crippen molar-refractivity contribution in [2.75, 3.05) is 5.73 Å². The standard InChI is InChI=1S/C12H18N2/c13-12-6-8-14(9-7-12)10-11-4-2-1-3-5-11/h6-9,11,13H,1-5,10H2/p+1. The first kappa shape index (κ1) is 9.50. The zero-order valence-electron chi connectivity index (χ0n) is 8.65. The first-order valence-corrected chi connectivity index (χ1v) is 5.59. The summed E-state index contributed by atoms with van der Waals surface area (Å²) in [6.07, 6.45) is 11.2. The number of aromatic nitrogens is 1. The van der Waals surface area contributed by atoms with Crippen LogP contribution in [0.5, 0.6) is 0 Å². The van der Waals surface area contributed by atoms with Crippen LogP contribution in [-0.4, -0.2) is 0 Å². The van der Waals surface area contributed by atoms with Gasteiger partial charge >= 0.3 is 0 Å². The highest BCUT2D eigenvalue weighted by Gasteiger charge is 2.17. The van der Waals surface area contributed by atoms with E-state index in [0.717, 1.165) is 11.6 Å². The fraction of sp³-hybridized carbons (Fsp3) is 0.583. The molecule has 1 heterocycles. The van der Waals surface area contributed by atoms with Crippen LogP contribution >= 0.6 is 0 Å². The highest BCUT2D eigenvalue weighted by Crippen LogP contribution is 2.23. The molecule has 0 spiro atoms. The molecule has 1 aromatic heterocycles. The predicted molar refractivity (Wildman–Crippen MR) is 57.6 cm³/mol. The van der Waals surface area contributed by atoms with Gasteiger partial charge in [0.25, 0.3) is 0 Å². The molecule has 14 heavy (non-hydrogen) atoms. The van der Waals surface area contributed by atoms with Crippen molar-refractivity contribution in [1.29, 1.82) is 0 Å². The number of nitrogens with zero attached hydrogens (tertiary/aromatic N) is 1. The molecule has 0 aromatic carbocycles. The second-order valence-corrected chi connectivity index (χ2v) is 4.33. The Balaban J connectivity index is 1.92. The predicted octanol–water partition coefficient (Wildman–Crippen LogP) is 2.14. The lowest BCUT2D eigenvalue weighted by atomic mass is 9.89. The number of nitrogen functional groups attached to an aromatic ring is 1. The topological polar surface area (TPSA) is 29.9 Å². The summed E-state index contributed by atoms with van der Waals surface area (Å²) in [5, 5.41) is 0. The Morgan fingerprint density at radius 3 is 2.43 bits per heavy atom. The average molecular weight is 191 g/mol. The van der Waals surface area contributed by atoms with E-state index in [1.54, 1.807) is 0 Å². The molecule has 1 aromatic rings. The zero-order chi connectivity index (χ0) is 9.80. The number of pyridine rings is 1. The number of hydrogen-bond donors (Lipinski definition) is 1. The van der Waals surface area contributed by atoms with Crippen LogP contribution in [0.15, 0.2) is 24.5 Å². The normalized spacial score (nSPS) is 18.3. The van der Waals surface area contributed by atoms with Gasteiger partial charge in [0.05, 0.1) is 0 Å². The van der Waals surface area contributed by atoms with Gasteiger partial charge < -0.3 is 5.73 Å². The SMILES string of the molecule is Nc1cc[n+](CC2CCCCC2)cc1. The lowest BCUT2D eigenvalue weighted by molar-refractivity contribution is -0.703. The number of rotatable bonds is 2. The van der Waals surface area contributed by atoms with E-state index in [2.05, 4.69) is 17.0 Å². The van der Waals surface area contributed by atoms with Gasteiger partial charge in [0, 0.05) is 23.7 Å². The van der Waals surface area contributed by atoms with Crippen LogP contribution in [0.3, 0.4) is 0 Å². The van der Waals surface area contributed by atoms with Crippen LogP contribution in [0.2, 0.25) is 0 Å². The van der Waals surface area contributed by atoms with Gasteiger partial charge in [-0.05, 0) is 12.8 Å². The van der Waals surface area contributed by atoms with Gasteiger partial charge in [0.2, 0.25) is 0 Å². The maximum atomic E-state index is 5.65. The van der Waals surface area contributed by atoms with Crippen LogP contribution in [0.1, 0.15) is 32.1 Å². The summed E-state index contributed by atoms with van der Waals surface area (Å²) in [5.41, 5.74) is 6.50. The van der Waals surface area contributed by atoms with Crippen LogP contribution < -0.4 is 10.3 Å². The molecule has 2 nitrogen and oxygen atoms in total. The lowest BCUT2D eigenvalue weighted by Crippen LogP contribution is -2.37. The van der Waals surface area contributed by atoms with E-state index in [4.69, 9.17) is 5.73 Å². The zero-order valence-corrected chi connectivity index (χ0v) is 8.65. The Hall–Kier alpha value is -1.05. The van der Waals surface area contributed by atoms with E-state index >= 15 is 0 Å². The fourth-order valence-electron chi connectivity index (χ4n) is 2.26. The number of hydrogen-bond acceptors (Lipinski definition) is 1. The monoisotopic (exact) mass is 191 g/mol. The molecule has 1 aliphatic rings. The summed E-state index contributed by atoms with van der Waals surface area (Å²) >= 11 is 0. The molecule has 2 rings (SSSR count). The minimum Gasteiger partial charge on any atom is -0.398 e. The molecule has 0 aliphatic heterocycles. The quantitative estimate of drug-likeness (QED) is 0.713. The molecule has 2 N–H and O–H groups in total. The molecular weight excluding hydrogens is 172 g/mol. The Labute approximate surface area is 85.7 Å². The highest BCUT2D eigenvalue weighted by atomic mass is 14.9. The maximum Gasteiger partial charge on any atom is 0.170 e. The molecule has 1 fully saturated rings. The van der Waals surface area contributed by atoms with Gasteiger partial charge in [0.1, 0.15) is 0 Å². The fourth-order valence-corrected chi connectivity index (χ4v) is 2.26. The summed E-state index contributed by atoms with van der Waals surface area (Å²) in [6.45, 7) is 1.17. The van der Waals surface area contributed by atoms with Gasteiger partial charge in [-0.25, -0.2) is 4.57 Å². The van der Waals surface area contributed by atoms with Gasteiger partial charge in [-0.15, -0.1) is 0 Å². The van der Waals surface area contributed by atoms with Gasteiger partial charge in [0.15, 0.2) is 18.9 Å². The Morgan fingerprint density at radius 2 is 1.79 bits per heavy atom. The van der Waals surface area contributed by atoms with Crippen molar-refractivity contribution >= 4 is 5.69 Å². The van der Waals surface area contributed by atoms with E-state index in [1.165, 1.54) is 38.6 Å². The number of anilines is 1. The van der Waals surface area contributed by atoms with Crippen molar-refractivity contribution in [3.63, 3.8) is 0 Å². The van der Waals surface area contributed by atoms with E-state index in [0.29, 0.717) is 0 Å². The Kier molecular flexibility index (Phi) is 3.02. The summed E-state index contributed by atoms with van der Waals surface area (Å²) in [4.78, 5) is 0. The molecule has 2 heteroatoms. The summed E-state index contributed by atoms with van der Waals surface area (Å²) < 4.78 is 2.26. The summed E-state index contributed by atoms with van der Waals surface area (Å²) in [6, 6.07) is 3.95. The maximum absolute atomic E-state index is 5.65. The largest absolute Gasteiger partial charge is 0.398 e. The number of nitrogens with two attached hydrogens (primary N) is 1. The highest BCUT2D eigenvalue weighted by molar-refractivity contribution is 5.32. The van der Waals surface area contributed by atoms with E-state index in [-0.39, 0.29) is 0 Å². The molecule has 1 saturated carbocycles. The lowest BCUT2D eigenvalue weighted by Gasteiger charge is -2.18. The van der Waals surface area contributed by atoms with Crippen LogP contribution in [-0.2, 0) is 6.54 Å². The van der Waals surface area contributed by atoms with E-state index in [1.807, 2.05) is 12.1 Å². The van der Waals surface area contributed by atoms with E-state index < -0.39 is 0 Å². The van der Waals surface area contributed by atoms with Crippen molar-refractivity contribution < 1.29 is 4.57 Å². The molecule has 1 aliphatic carbocycles. The van der Waals surface area contributed by atoms with Crippen molar-refractivity contribution in [3.05, 3.63) is 24.5 Å². The van der Waals surface area contributed by atoms with Crippen molar-refractivity contribution in [2.45, 2.75) is 38.6 Å². The first-order chi connectivity index (χ1) is 6.84. The smallest absolute Gasteiger partial charge is 0.170 e. The van der Waals surface area contributed by atoms with Gasteiger partial charge in [-0.1, -0.05) is 19.3 Å². The second kappa shape index (κ2) is 4.45. The minimum atomic E-state index is 0.852. The molecule has 0 radical (unpaired) electrons. The molecule has 0 saturated heterocycles. The third-order valence-electron chi connectivity index (χ3n) is 3.11. The second-order valence-electron chi connectivity index (χ2n) is 4.33. The van der Waals surface area contributed by atoms with E-state index in [9.17, 15) is 0 Å². The van der Waals surface area contributed by atoms with Gasteiger partial charge in [-0.3, -0.25) is 0 Å². The summed E-state index contributed by atoms with van der Waals surface area (Å²) in [7, 11) is 0. The molecule has 0 unspecified atom stereocenters. The van der Waals surface area contributed by atoms with Gasteiger partial charge in [-0.2, -0.15) is 0 Å². The van der Waals surface area contributed by atoms with Crippen molar-refractivity contribution in [2.24, 2.45) is 5.92 Å². The Bertz CT molecular complexity index is 273. The average Bonchev–Trinajstić information content (AvgIpc) is 2.23. The minimum absolute atomic E-state index is 0.852. The molecule has 76 valence electrons. The Morgan fingerprint density at radius 1 is 1.14 bits per heavy atom. The molecular formula is C12H19N2+.